The number of methoxy groups -OCH3 is 1. The van der Waals surface area contributed by atoms with Crippen molar-refractivity contribution in [1.29, 1.82) is 0 Å². The zero-order chi connectivity index (χ0) is 16.1. The van der Waals surface area contributed by atoms with E-state index in [-0.39, 0.29) is 5.91 Å². The highest BCUT2D eigenvalue weighted by atomic mass is 16.6. The van der Waals surface area contributed by atoms with Gasteiger partial charge in [0.05, 0.1) is 19.3 Å². The van der Waals surface area contributed by atoms with Crippen molar-refractivity contribution < 1.29 is 14.4 Å². The normalized spacial score (nSPS) is 10.5. The van der Waals surface area contributed by atoms with Gasteiger partial charge in [-0.05, 0) is 28.5 Å². The van der Waals surface area contributed by atoms with E-state index < -0.39 is 0 Å². The van der Waals surface area contributed by atoms with Gasteiger partial charge in [0.2, 0.25) is 0 Å². The lowest BCUT2D eigenvalue weighted by atomic mass is 10.1. The number of rotatable bonds is 5. The van der Waals surface area contributed by atoms with Crippen molar-refractivity contribution in [3.63, 3.8) is 0 Å². The Labute approximate surface area is 134 Å². The minimum atomic E-state index is -0.330. The number of fused-ring (bicyclic) bond motifs is 1. The van der Waals surface area contributed by atoms with Crippen LogP contribution in [0.3, 0.4) is 0 Å². The molecule has 0 spiro atoms. The fourth-order valence-corrected chi connectivity index (χ4v) is 2.38. The zero-order valence-corrected chi connectivity index (χ0v) is 12.8. The van der Waals surface area contributed by atoms with E-state index in [0.717, 1.165) is 16.3 Å². The van der Waals surface area contributed by atoms with Crippen LogP contribution in [-0.2, 0) is 11.4 Å². The van der Waals surface area contributed by atoms with Crippen molar-refractivity contribution in [2.75, 3.05) is 7.11 Å². The summed E-state index contributed by atoms with van der Waals surface area (Å²) in [6, 6.07) is 21.1. The smallest absolute Gasteiger partial charge is 0.278 e. The molecule has 1 N–H and O–H groups in total. The van der Waals surface area contributed by atoms with Crippen LogP contribution in [0.5, 0.6) is 5.75 Å². The maximum absolute atomic E-state index is 12.3. The van der Waals surface area contributed by atoms with Crippen molar-refractivity contribution in [2.45, 2.75) is 6.61 Å². The summed E-state index contributed by atoms with van der Waals surface area (Å²) in [5.74, 6) is 0.188. The first kappa shape index (κ1) is 15.1. The van der Waals surface area contributed by atoms with Gasteiger partial charge in [0.25, 0.3) is 5.91 Å². The maximum atomic E-state index is 12.3. The van der Waals surface area contributed by atoms with Gasteiger partial charge in [-0.3, -0.25) is 9.63 Å². The van der Waals surface area contributed by atoms with Gasteiger partial charge in [0.1, 0.15) is 5.75 Å². The Bertz CT molecular complexity index is 815. The highest BCUT2D eigenvalue weighted by Crippen LogP contribution is 2.25. The lowest BCUT2D eigenvalue weighted by molar-refractivity contribution is 0.0231. The average Bonchev–Trinajstić information content (AvgIpc) is 2.61. The molecular weight excluding hydrogens is 290 g/mol. The molecule has 0 bridgehead atoms. The van der Waals surface area contributed by atoms with Gasteiger partial charge in [-0.2, -0.15) is 0 Å². The molecule has 4 heteroatoms. The minimum Gasteiger partial charge on any atom is -0.496 e. The largest absolute Gasteiger partial charge is 0.496 e. The quantitative estimate of drug-likeness (QED) is 0.731. The van der Waals surface area contributed by atoms with Gasteiger partial charge in [0.15, 0.2) is 0 Å². The van der Waals surface area contributed by atoms with Crippen molar-refractivity contribution in [3.05, 3.63) is 77.9 Å². The van der Waals surface area contributed by atoms with E-state index in [1.807, 2.05) is 60.7 Å². The summed E-state index contributed by atoms with van der Waals surface area (Å²) in [5, 5.41) is 1.99. The van der Waals surface area contributed by atoms with E-state index in [0.29, 0.717) is 17.9 Å². The number of hydrogen-bond donors (Lipinski definition) is 1. The van der Waals surface area contributed by atoms with Crippen LogP contribution in [0.4, 0.5) is 0 Å². The molecule has 0 unspecified atom stereocenters. The number of benzene rings is 3. The third-order valence-electron chi connectivity index (χ3n) is 3.56. The first-order valence-corrected chi connectivity index (χ1v) is 7.31. The molecule has 0 atom stereocenters. The van der Waals surface area contributed by atoms with Crippen molar-refractivity contribution in [3.8, 4) is 5.75 Å². The lowest BCUT2D eigenvalue weighted by Gasteiger charge is -2.11. The SMILES string of the molecule is COc1cc2ccccc2cc1C(=O)NOCc1ccccc1. The summed E-state index contributed by atoms with van der Waals surface area (Å²) in [7, 11) is 1.55. The van der Waals surface area contributed by atoms with E-state index in [4.69, 9.17) is 9.57 Å². The van der Waals surface area contributed by atoms with Crippen molar-refractivity contribution in [2.24, 2.45) is 0 Å². The van der Waals surface area contributed by atoms with Gasteiger partial charge in [-0.25, -0.2) is 5.48 Å². The molecular formula is C19H17NO3. The summed E-state index contributed by atoms with van der Waals surface area (Å²) in [5.41, 5.74) is 3.90. The van der Waals surface area contributed by atoms with Crippen LogP contribution in [0.15, 0.2) is 66.7 Å². The Morgan fingerprint density at radius 2 is 1.61 bits per heavy atom. The van der Waals surface area contributed by atoms with Gasteiger partial charge < -0.3 is 4.74 Å². The molecule has 0 aliphatic heterocycles. The monoisotopic (exact) mass is 307 g/mol. The summed E-state index contributed by atoms with van der Waals surface area (Å²) in [6.45, 7) is 0.308. The molecule has 0 aromatic heterocycles. The second kappa shape index (κ2) is 6.94. The second-order valence-corrected chi connectivity index (χ2v) is 5.11. The number of hydrogen-bond acceptors (Lipinski definition) is 3. The highest BCUT2D eigenvalue weighted by Gasteiger charge is 2.13. The lowest BCUT2D eigenvalue weighted by Crippen LogP contribution is -2.24. The summed E-state index contributed by atoms with van der Waals surface area (Å²) >= 11 is 0. The van der Waals surface area contributed by atoms with Crippen LogP contribution in [0.25, 0.3) is 10.8 Å². The molecule has 116 valence electrons. The molecule has 3 aromatic carbocycles. The van der Waals surface area contributed by atoms with Crippen LogP contribution >= 0.6 is 0 Å². The second-order valence-electron chi connectivity index (χ2n) is 5.11. The van der Waals surface area contributed by atoms with Crippen LogP contribution in [0, 0.1) is 0 Å². The molecule has 3 aromatic rings. The number of hydroxylamine groups is 1. The highest BCUT2D eigenvalue weighted by molar-refractivity contribution is 6.01. The van der Waals surface area contributed by atoms with Gasteiger partial charge in [-0.1, -0.05) is 54.6 Å². The van der Waals surface area contributed by atoms with Crippen LogP contribution in [-0.4, -0.2) is 13.0 Å². The molecule has 0 aliphatic carbocycles. The molecule has 0 saturated heterocycles. The van der Waals surface area contributed by atoms with Crippen LogP contribution in [0.2, 0.25) is 0 Å². The minimum absolute atomic E-state index is 0.308. The Kier molecular flexibility index (Phi) is 4.54. The summed E-state index contributed by atoms with van der Waals surface area (Å²) in [4.78, 5) is 17.6. The predicted octanol–water partition coefficient (Wildman–Crippen LogP) is 3.71. The average molecular weight is 307 g/mol. The Balaban J connectivity index is 1.74. The number of ether oxygens (including phenoxy) is 1. The molecule has 1 amide bonds. The maximum Gasteiger partial charge on any atom is 0.278 e. The standard InChI is InChI=1S/C19H17NO3/c1-22-18-12-16-10-6-5-9-15(16)11-17(18)19(21)20-23-13-14-7-3-2-4-8-14/h2-12H,13H2,1H3,(H,20,21). The molecule has 0 saturated carbocycles. The molecule has 23 heavy (non-hydrogen) atoms. The first-order valence-electron chi connectivity index (χ1n) is 7.31. The van der Waals surface area contributed by atoms with Gasteiger partial charge >= 0.3 is 0 Å². The van der Waals surface area contributed by atoms with Gasteiger partial charge in [0, 0.05) is 0 Å². The van der Waals surface area contributed by atoms with E-state index >= 15 is 0 Å². The zero-order valence-electron chi connectivity index (χ0n) is 12.8. The fraction of sp³-hybridized carbons (Fsp3) is 0.105. The molecule has 0 fully saturated rings. The molecule has 0 aliphatic rings. The number of amides is 1. The van der Waals surface area contributed by atoms with Gasteiger partial charge in [-0.15, -0.1) is 0 Å². The van der Waals surface area contributed by atoms with E-state index in [9.17, 15) is 4.79 Å². The topological polar surface area (TPSA) is 47.6 Å². The molecule has 4 nitrogen and oxygen atoms in total. The summed E-state index contributed by atoms with van der Waals surface area (Å²) < 4.78 is 5.32. The van der Waals surface area contributed by atoms with Crippen molar-refractivity contribution >= 4 is 16.7 Å². The fourth-order valence-electron chi connectivity index (χ4n) is 2.38. The number of carbonyl (C=O) groups is 1. The molecule has 0 radical (unpaired) electrons. The Morgan fingerprint density at radius 1 is 0.957 bits per heavy atom. The van der Waals surface area contributed by atoms with Crippen molar-refractivity contribution in [1.82, 2.24) is 5.48 Å². The first-order chi connectivity index (χ1) is 11.3. The summed E-state index contributed by atoms with van der Waals surface area (Å²) in [6.07, 6.45) is 0. The van der Waals surface area contributed by atoms with E-state index in [1.54, 1.807) is 13.2 Å². The Hall–Kier alpha value is -2.85. The third kappa shape index (κ3) is 3.49. The predicted molar refractivity (Wildman–Crippen MR) is 89.2 cm³/mol. The van der Waals surface area contributed by atoms with E-state index in [2.05, 4.69) is 5.48 Å². The Morgan fingerprint density at radius 3 is 2.30 bits per heavy atom. The molecule has 0 heterocycles. The number of carbonyl (C=O) groups excluding carboxylic acids is 1. The number of nitrogens with one attached hydrogen (secondary N) is 1. The van der Waals surface area contributed by atoms with Crippen LogP contribution < -0.4 is 10.2 Å². The van der Waals surface area contributed by atoms with Crippen LogP contribution in [0.1, 0.15) is 15.9 Å². The molecule has 3 rings (SSSR count). The third-order valence-corrected chi connectivity index (χ3v) is 3.56. The van der Waals surface area contributed by atoms with E-state index in [1.165, 1.54) is 0 Å².